The van der Waals surface area contributed by atoms with Gasteiger partial charge in [-0.2, -0.15) is 0 Å². The molecule has 0 N–H and O–H groups in total. The van der Waals surface area contributed by atoms with Gasteiger partial charge in [0.15, 0.2) is 6.17 Å². The Bertz CT molecular complexity index is 399. The molecule has 3 heteroatoms. The summed E-state index contributed by atoms with van der Waals surface area (Å²) in [6.45, 7) is 4.65. The Labute approximate surface area is 159 Å². The zero-order valence-corrected chi connectivity index (χ0v) is 17.0. The van der Waals surface area contributed by atoms with E-state index in [1.165, 1.54) is 51.4 Å². The molecule has 0 saturated heterocycles. The molecule has 0 aromatic rings. The van der Waals surface area contributed by atoms with Crippen molar-refractivity contribution < 1.29 is 13.5 Å². The van der Waals surface area contributed by atoms with Crippen LogP contribution in [0, 0.1) is 29.6 Å². The second-order valence-electron chi connectivity index (χ2n) is 9.37. The molecule has 0 aromatic carbocycles. The first-order chi connectivity index (χ1) is 12.6. The average molecular weight is 371 g/mol. The minimum absolute atomic E-state index is 0.0667. The van der Waals surface area contributed by atoms with Gasteiger partial charge in [0.25, 0.3) is 0 Å². The summed E-state index contributed by atoms with van der Waals surface area (Å²) in [6.07, 6.45) is 11.4. The fourth-order valence-corrected chi connectivity index (χ4v) is 6.40. The van der Waals surface area contributed by atoms with E-state index >= 15 is 0 Å². The van der Waals surface area contributed by atoms with Crippen molar-refractivity contribution in [2.75, 3.05) is 6.61 Å². The summed E-state index contributed by atoms with van der Waals surface area (Å²) in [4.78, 5) is 0. The number of alkyl halides is 2. The average Bonchev–Trinajstić information content (AvgIpc) is 2.67. The molecule has 152 valence electrons. The highest BCUT2D eigenvalue weighted by molar-refractivity contribution is 4.94. The first kappa shape index (κ1) is 20.6. The normalized spacial score (nSPS) is 44.8. The van der Waals surface area contributed by atoms with Gasteiger partial charge in [-0.3, -0.25) is 0 Å². The van der Waals surface area contributed by atoms with Crippen molar-refractivity contribution >= 4 is 0 Å². The van der Waals surface area contributed by atoms with E-state index in [9.17, 15) is 8.78 Å². The van der Waals surface area contributed by atoms with Crippen LogP contribution < -0.4 is 0 Å². The van der Waals surface area contributed by atoms with Crippen LogP contribution in [0.2, 0.25) is 0 Å². The smallest absolute Gasteiger partial charge is 0.157 e. The van der Waals surface area contributed by atoms with Crippen LogP contribution in [0.1, 0.15) is 90.9 Å². The standard InChI is InChI=1S/C23H40F2O/c1-3-5-16-6-8-17(9-7-16)18-10-12-19(13-11-18)20-14-15-21(26-4-2)23(25)22(20)24/h16-23H,3-15H2,1-2H3. The maximum Gasteiger partial charge on any atom is 0.157 e. The number of rotatable bonds is 6. The summed E-state index contributed by atoms with van der Waals surface area (Å²) in [6, 6.07) is 0. The lowest BCUT2D eigenvalue weighted by atomic mass is 9.65. The largest absolute Gasteiger partial charge is 0.375 e. The van der Waals surface area contributed by atoms with Gasteiger partial charge in [-0.25, -0.2) is 8.78 Å². The molecule has 3 rings (SSSR count). The number of halogens is 2. The molecule has 3 fully saturated rings. The molecule has 4 atom stereocenters. The predicted molar refractivity (Wildman–Crippen MR) is 104 cm³/mol. The Kier molecular flexibility index (Phi) is 7.78. The molecule has 3 aliphatic rings. The topological polar surface area (TPSA) is 9.23 Å². The van der Waals surface area contributed by atoms with Crippen molar-refractivity contribution in [1.82, 2.24) is 0 Å². The summed E-state index contributed by atoms with van der Waals surface area (Å²) in [5, 5.41) is 0. The first-order valence-electron chi connectivity index (χ1n) is 11.5. The second-order valence-corrected chi connectivity index (χ2v) is 9.37. The predicted octanol–water partition coefficient (Wildman–Crippen LogP) is 6.89. The van der Waals surface area contributed by atoms with Crippen LogP contribution in [-0.4, -0.2) is 25.1 Å². The Morgan fingerprint density at radius 3 is 1.85 bits per heavy atom. The summed E-state index contributed by atoms with van der Waals surface area (Å²) in [5.41, 5.74) is 0. The third-order valence-electron chi connectivity index (χ3n) is 7.91. The lowest BCUT2D eigenvalue weighted by molar-refractivity contribution is -0.0852. The van der Waals surface area contributed by atoms with E-state index in [2.05, 4.69) is 6.92 Å². The number of ether oxygens (including phenoxy) is 1. The molecule has 4 unspecified atom stereocenters. The third kappa shape index (κ3) is 4.80. The minimum Gasteiger partial charge on any atom is -0.375 e. The Morgan fingerprint density at radius 2 is 1.27 bits per heavy atom. The van der Waals surface area contributed by atoms with Gasteiger partial charge >= 0.3 is 0 Å². The molecule has 0 radical (unpaired) electrons. The maximum absolute atomic E-state index is 14.7. The van der Waals surface area contributed by atoms with Gasteiger partial charge in [0.1, 0.15) is 6.17 Å². The molecule has 26 heavy (non-hydrogen) atoms. The molecule has 3 aliphatic carbocycles. The van der Waals surface area contributed by atoms with Gasteiger partial charge in [0.2, 0.25) is 0 Å². The van der Waals surface area contributed by atoms with Crippen molar-refractivity contribution in [1.29, 1.82) is 0 Å². The first-order valence-corrected chi connectivity index (χ1v) is 11.5. The van der Waals surface area contributed by atoms with E-state index in [1.54, 1.807) is 0 Å². The molecule has 0 spiro atoms. The van der Waals surface area contributed by atoms with Gasteiger partial charge in [0.05, 0.1) is 6.10 Å². The molecular formula is C23H40F2O. The van der Waals surface area contributed by atoms with Crippen molar-refractivity contribution in [2.45, 2.75) is 109 Å². The van der Waals surface area contributed by atoms with Crippen molar-refractivity contribution in [2.24, 2.45) is 29.6 Å². The summed E-state index contributed by atoms with van der Waals surface area (Å²) >= 11 is 0. The van der Waals surface area contributed by atoms with Crippen LogP contribution in [0.15, 0.2) is 0 Å². The van der Waals surface area contributed by atoms with E-state index in [1.807, 2.05) is 6.92 Å². The van der Waals surface area contributed by atoms with Gasteiger partial charge in [0, 0.05) is 6.61 Å². The van der Waals surface area contributed by atoms with Crippen molar-refractivity contribution in [3.8, 4) is 0 Å². The van der Waals surface area contributed by atoms with Crippen LogP contribution in [0.5, 0.6) is 0 Å². The van der Waals surface area contributed by atoms with E-state index in [0.717, 1.165) is 37.0 Å². The Hall–Kier alpha value is -0.180. The molecular weight excluding hydrogens is 330 g/mol. The van der Waals surface area contributed by atoms with Crippen LogP contribution in [0.25, 0.3) is 0 Å². The zero-order chi connectivity index (χ0) is 18.5. The number of hydrogen-bond acceptors (Lipinski definition) is 1. The molecule has 0 amide bonds. The fraction of sp³-hybridized carbons (Fsp3) is 1.00. The van der Waals surface area contributed by atoms with Crippen LogP contribution in [-0.2, 0) is 4.74 Å². The van der Waals surface area contributed by atoms with Gasteiger partial charge in [-0.1, -0.05) is 32.6 Å². The fourth-order valence-electron chi connectivity index (χ4n) is 6.40. The molecule has 0 bridgehead atoms. The van der Waals surface area contributed by atoms with Gasteiger partial charge in [-0.05, 0) is 87.9 Å². The van der Waals surface area contributed by atoms with Crippen molar-refractivity contribution in [3.63, 3.8) is 0 Å². The Balaban J connectivity index is 1.44. The molecule has 1 nitrogen and oxygen atoms in total. The highest BCUT2D eigenvalue weighted by atomic mass is 19.2. The molecule has 0 heterocycles. The zero-order valence-electron chi connectivity index (χ0n) is 17.0. The van der Waals surface area contributed by atoms with Crippen LogP contribution in [0.4, 0.5) is 8.78 Å². The van der Waals surface area contributed by atoms with E-state index in [-0.39, 0.29) is 5.92 Å². The molecule has 0 aromatic heterocycles. The summed E-state index contributed by atoms with van der Waals surface area (Å²) < 4.78 is 34.5. The summed E-state index contributed by atoms with van der Waals surface area (Å²) in [5.74, 6) is 3.07. The highest BCUT2D eigenvalue weighted by Gasteiger charge is 2.45. The monoisotopic (exact) mass is 370 g/mol. The second kappa shape index (κ2) is 9.85. The van der Waals surface area contributed by atoms with Crippen molar-refractivity contribution in [3.05, 3.63) is 0 Å². The highest BCUT2D eigenvalue weighted by Crippen LogP contribution is 2.46. The lowest BCUT2D eigenvalue weighted by Crippen LogP contribution is -2.46. The van der Waals surface area contributed by atoms with Gasteiger partial charge < -0.3 is 4.74 Å². The summed E-state index contributed by atoms with van der Waals surface area (Å²) in [7, 11) is 0. The quantitative estimate of drug-likeness (QED) is 0.494. The van der Waals surface area contributed by atoms with Crippen LogP contribution in [0.3, 0.4) is 0 Å². The van der Waals surface area contributed by atoms with Gasteiger partial charge in [-0.15, -0.1) is 0 Å². The molecule has 0 aliphatic heterocycles. The van der Waals surface area contributed by atoms with E-state index in [4.69, 9.17) is 4.74 Å². The third-order valence-corrected chi connectivity index (χ3v) is 7.91. The SMILES string of the molecule is CCCC1CCC(C2CCC(C3CCC(OCC)C(F)C3F)CC2)CC1. The number of hydrogen-bond donors (Lipinski definition) is 0. The maximum atomic E-state index is 14.7. The Morgan fingerprint density at radius 1 is 0.692 bits per heavy atom. The van der Waals surface area contributed by atoms with Crippen LogP contribution >= 0.6 is 0 Å². The molecule has 3 saturated carbocycles. The lowest BCUT2D eigenvalue weighted by Gasteiger charge is -2.43. The van der Waals surface area contributed by atoms with E-state index < -0.39 is 18.4 Å². The minimum atomic E-state index is -1.42. The van der Waals surface area contributed by atoms with E-state index in [0.29, 0.717) is 18.9 Å².